The molecular weight excluding hydrogens is 381 g/mol. The van der Waals surface area contributed by atoms with Crippen molar-refractivity contribution >= 4 is 33.1 Å². The Hall–Kier alpha value is -3.39. The van der Waals surface area contributed by atoms with Crippen molar-refractivity contribution in [2.45, 2.75) is 11.8 Å². The number of urea groups is 1. The smallest absolute Gasteiger partial charge is 0.308 e. The zero-order chi connectivity index (χ0) is 20.1. The van der Waals surface area contributed by atoms with Gasteiger partial charge in [0.25, 0.3) is 10.0 Å². The predicted octanol–water partition coefficient (Wildman–Crippen LogP) is 4.58. The highest BCUT2D eigenvalue weighted by Crippen LogP contribution is 2.21. The minimum atomic E-state index is -3.75. The first-order valence-corrected chi connectivity index (χ1v) is 9.84. The van der Waals surface area contributed by atoms with Gasteiger partial charge < -0.3 is 10.6 Å². The van der Waals surface area contributed by atoms with E-state index >= 15 is 0 Å². The van der Waals surface area contributed by atoms with Crippen LogP contribution in [0.2, 0.25) is 0 Å². The summed E-state index contributed by atoms with van der Waals surface area (Å²) < 4.78 is 40.7. The summed E-state index contributed by atoms with van der Waals surface area (Å²) in [6.45, 7) is 1.81. The van der Waals surface area contributed by atoms with Gasteiger partial charge in [0.1, 0.15) is 5.82 Å². The molecule has 0 aliphatic carbocycles. The van der Waals surface area contributed by atoms with Crippen molar-refractivity contribution in [1.29, 1.82) is 0 Å². The highest BCUT2D eigenvalue weighted by Gasteiger charge is 2.15. The maximum atomic E-state index is 13.1. The average Bonchev–Trinajstić information content (AvgIpc) is 2.64. The second kappa shape index (κ2) is 8.10. The molecule has 144 valence electrons. The van der Waals surface area contributed by atoms with Crippen molar-refractivity contribution in [1.82, 2.24) is 0 Å². The van der Waals surface area contributed by atoms with Gasteiger partial charge in [-0.15, -0.1) is 0 Å². The van der Waals surface area contributed by atoms with E-state index in [4.69, 9.17) is 0 Å². The van der Waals surface area contributed by atoms with Crippen LogP contribution in [0, 0.1) is 12.7 Å². The zero-order valence-electron chi connectivity index (χ0n) is 14.9. The number of hydrogen-bond acceptors (Lipinski definition) is 3. The quantitative estimate of drug-likeness (QED) is 0.587. The Labute approximate surface area is 162 Å². The lowest BCUT2D eigenvalue weighted by atomic mass is 10.2. The molecule has 0 heterocycles. The van der Waals surface area contributed by atoms with E-state index in [9.17, 15) is 17.6 Å². The van der Waals surface area contributed by atoms with Gasteiger partial charge in [-0.25, -0.2) is 17.6 Å². The van der Waals surface area contributed by atoms with Crippen LogP contribution in [0.25, 0.3) is 0 Å². The van der Waals surface area contributed by atoms with E-state index in [0.29, 0.717) is 17.1 Å². The molecule has 0 saturated carbocycles. The molecular formula is C20H18FN3O3S. The van der Waals surface area contributed by atoms with Gasteiger partial charge in [0.2, 0.25) is 0 Å². The van der Waals surface area contributed by atoms with Gasteiger partial charge in [-0.05, 0) is 61.0 Å². The number of aryl methyl sites for hydroxylation is 1. The number of carbonyl (C=O) groups is 1. The minimum Gasteiger partial charge on any atom is -0.308 e. The molecule has 0 aliphatic rings. The Balaban J connectivity index is 1.67. The SMILES string of the molecule is Cc1ccccc1NS(=O)(=O)c1ccc(NC(=O)Nc2cccc(F)c2)cc1. The standard InChI is InChI=1S/C20H18FN3O3S/c1-14-5-2-3-8-19(14)24-28(26,27)18-11-9-16(10-12-18)22-20(25)23-17-7-4-6-15(21)13-17/h2-13,24H,1H3,(H2,22,23,25). The van der Waals surface area contributed by atoms with Crippen LogP contribution in [-0.2, 0) is 10.0 Å². The fraction of sp³-hybridized carbons (Fsp3) is 0.0500. The van der Waals surface area contributed by atoms with Gasteiger partial charge in [0, 0.05) is 11.4 Å². The summed E-state index contributed by atoms with van der Waals surface area (Å²) in [6, 6.07) is 17.7. The normalized spacial score (nSPS) is 10.9. The predicted molar refractivity (Wildman–Crippen MR) is 107 cm³/mol. The van der Waals surface area contributed by atoms with Crippen molar-refractivity contribution in [2.24, 2.45) is 0 Å². The summed E-state index contributed by atoms with van der Waals surface area (Å²) >= 11 is 0. The molecule has 0 fully saturated rings. The second-order valence-electron chi connectivity index (χ2n) is 6.03. The van der Waals surface area contributed by atoms with Gasteiger partial charge in [-0.2, -0.15) is 0 Å². The van der Waals surface area contributed by atoms with Gasteiger partial charge >= 0.3 is 6.03 Å². The molecule has 0 aromatic heterocycles. The van der Waals surface area contributed by atoms with Crippen molar-refractivity contribution in [3.63, 3.8) is 0 Å². The van der Waals surface area contributed by atoms with E-state index < -0.39 is 21.9 Å². The lowest BCUT2D eigenvalue weighted by Gasteiger charge is -2.11. The molecule has 0 saturated heterocycles. The third-order valence-corrected chi connectivity index (χ3v) is 5.28. The largest absolute Gasteiger partial charge is 0.323 e. The third kappa shape index (κ3) is 4.86. The van der Waals surface area contributed by atoms with Crippen LogP contribution >= 0.6 is 0 Å². The Bertz CT molecular complexity index is 1100. The number of carbonyl (C=O) groups excluding carboxylic acids is 1. The first kappa shape index (κ1) is 19.4. The van der Waals surface area contributed by atoms with Crippen LogP contribution in [-0.4, -0.2) is 14.4 Å². The van der Waals surface area contributed by atoms with E-state index in [1.165, 1.54) is 42.5 Å². The molecule has 0 unspecified atom stereocenters. The van der Waals surface area contributed by atoms with Crippen molar-refractivity contribution < 1.29 is 17.6 Å². The molecule has 3 aromatic rings. The first-order chi connectivity index (χ1) is 13.3. The molecule has 3 rings (SSSR count). The van der Waals surface area contributed by atoms with E-state index in [2.05, 4.69) is 15.4 Å². The number of halogens is 1. The van der Waals surface area contributed by atoms with E-state index in [-0.39, 0.29) is 4.90 Å². The fourth-order valence-corrected chi connectivity index (χ4v) is 3.60. The molecule has 2 amide bonds. The Morgan fingerprint density at radius 1 is 0.857 bits per heavy atom. The average molecular weight is 399 g/mol. The van der Waals surface area contributed by atoms with E-state index in [1.807, 2.05) is 19.1 Å². The van der Waals surface area contributed by atoms with Crippen LogP contribution in [0.4, 0.5) is 26.2 Å². The number of benzene rings is 3. The summed E-state index contributed by atoms with van der Waals surface area (Å²) in [6.07, 6.45) is 0. The highest BCUT2D eigenvalue weighted by atomic mass is 32.2. The number of nitrogens with one attached hydrogen (secondary N) is 3. The molecule has 0 radical (unpaired) electrons. The maximum Gasteiger partial charge on any atom is 0.323 e. The maximum absolute atomic E-state index is 13.1. The van der Waals surface area contributed by atoms with Gasteiger partial charge in [0.15, 0.2) is 0 Å². The third-order valence-electron chi connectivity index (χ3n) is 3.89. The summed E-state index contributed by atoms with van der Waals surface area (Å²) in [5.41, 5.74) is 2.00. The topological polar surface area (TPSA) is 87.3 Å². The second-order valence-corrected chi connectivity index (χ2v) is 7.72. The molecule has 0 spiro atoms. The molecule has 0 bridgehead atoms. The van der Waals surface area contributed by atoms with Gasteiger partial charge in [-0.3, -0.25) is 4.72 Å². The Morgan fingerprint density at radius 2 is 1.54 bits per heavy atom. The van der Waals surface area contributed by atoms with Crippen LogP contribution in [0.1, 0.15) is 5.56 Å². The molecule has 0 atom stereocenters. The van der Waals surface area contributed by atoms with Crippen molar-refractivity contribution in [3.05, 3.63) is 84.2 Å². The Morgan fingerprint density at radius 3 is 2.21 bits per heavy atom. The number of amides is 2. The highest BCUT2D eigenvalue weighted by molar-refractivity contribution is 7.92. The lowest BCUT2D eigenvalue weighted by Crippen LogP contribution is -2.19. The summed E-state index contributed by atoms with van der Waals surface area (Å²) in [5.74, 6) is -0.464. The van der Waals surface area contributed by atoms with Crippen molar-refractivity contribution in [2.75, 3.05) is 15.4 Å². The minimum absolute atomic E-state index is 0.0619. The van der Waals surface area contributed by atoms with Gasteiger partial charge in [0.05, 0.1) is 10.6 Å². The van der Waals surface area contributed by atoms with E-state index in [1.54, 1.807) is 18.2 Å². The molecule has 28 heavy (non-hydrogen) atoms. The number of para-hydroxylation sites is 1. The van der Waals surface area contributed by atoms with Crippen molar-refractivity contribution in [3.8, 4) is 0 Å². The molecule has 8 heteroatoms. The van der Waals surface area contributed by atoms with Crippen LogP contribution in [0.3, 0.4) is 0 Å². The summed E-state index contributed by atoms with van der Waals surface area (Å²) in [7, 11) is -3.75. The number of anilines is 3. The molecule has 3 aromatic carbocycles. The Kier molecular flexibility index (Phi) is 5.60. The van der Waals surface area contributed by atoms with Crippen LogP contribution in [0.5, 0.6) is 0 Å². The van der Waals surface area contributed by atoms with Crippen LogP contribution < -0.4 is 15.4 Å². The number of hydrogen-bond donors (Lipinski definition) is 3. The molecule has 0 aliphatic heterocycles. The lowest BCUT2D eigenvalue weighted by molar-refractivity contribution is 0.262. The number of rotatable bonds is 5. The fourth-order valence-electron chi connectivity index (χ4n) is 2.47. The number of sulfonamides is 1. The molecule has 3 N–H and O–H groups in total. The van der Waals surface area contributed by atoms with Crippen LogP contribution in [0.15, 0.2) is 77.7 Å². The summed E-state index contributed by atoms with van der Waals surface area (Å²) in [5, 5.41) is 5.05. The van der Waals surface area contributed by atoms with E-state index in [0.717, 1.165) is 5.56 Å². The summed E-state index contributed by atoms with van der Waals surface area (Å²) in [4.78, 5) is 12.0. The zero-order valence-corrected chi connectivity index (χ0v) is 15.8. The first-order valence-electron chi connectivity index (χ1n) is 8.35. The molecule has 6 nitrogen and oxygen atoms in total. The monoisotopic (exact) mass is 399 g/mol. The van der Waals surface area contributed by atoms with Gasteiger partial charge in [-0.1, -0.05) is 24.3 Å².